The van der Waals surface area contributed by atoms with Gasteiger partial charge in [0.1, 0.15) is 5.75 Å². The maximum Gasteiger partial charge on any atom is 0.240 e. The van der Waals surface area contributed by atoms with Crippen molar-refractivity contribution in [3.63, 3.8) is 0 Å². The molecular formula is C18H20N2O3S. The van der Waals surface area contributed by atoms with Crippen LogP contribution in [0.2, 0.25) is 0 Å². The van der Waals surface area contributed by atoms with Gasteiger partial charge in [-0.05, 0) is 74.1 Å². The molecule has 6 heteroatoms. The van der Waals surface area contributed by atoms with Gasteiger partial charge in [-0.1, -0.05) is 6.07 Å². The molecule has 126 valence electrons. The van der Waals surface area contributed by atoms with Crippen LogP contribution in [0.3, 0.4) is 0 Å². The number of carbonyl (C=O) groups is 1. The molecule has 0 spiro atoms. The Morgan fingerprint density at radius 3 is 2.62 bits per heavy atom. The SMILES string of the molecule is Cc1cc(C)nc(S(=O)(=O)CC(=O)Nc2ccc3c(c2)CCC3)c1. The molecule has 5 nitrogen and oxygen atoms in total. The zero-order valence-electron chi connectivity index (χ0n) is 13.8. The third-order valence-electron chi connectivity index (χ3n) is 4.10. The third kappa shape index (κ3) is 3.64. The highest BCUT2D eigenvalue weighted by atomic mass is 32.2. The average Bonchev–Trinajstić information content (AvgIpc) is 2.93. The molecule has 0 fully saturated rings. The summed E-state index contributed by atoms with van der Waals surface area (Å²) in [5, 5.41) is 2.63. The summed E-state index contributed by atoms with van der Waals surface area (Å²) in [5.74, 6) is -1.16. The number of nitrogens with one attached hydrogen (secondary N) is 1. The van der Waals surface area contributed by atoms with E-state index in [4.69, 9.17) is 0 Å². The van der Waals surface area contributed by atoms with Crippen molar-refractivity contribution in [1.29, 1.82) is 0 Å². The summed E-state index contributed by atoms with van der Waals surface area (Å²) in [6.45, 7) is 3.54. The summed E-state index contributed by atoms with van der Waals surface area (Å²) in [7, 11) is -3.76. The summed E-state index contributed by atoms with van der Waals surface area (Å²) in [6.07, 6.45) is 3.19. The van der Waals surface area contributed by atoms with E-state index in [1.165, 1.54) is 17.2 Å². The molecule has 0 atom stereocenters. The van der Waals surface area contributed by atoms with Gasteiger partial charge in [0.05, 0.1) is 0 Å². The lowest BCUT2D eigenvalue weighted by Gasteiger charge is -2.09. The van der Waals surface area contributed by atoms with Crippen LogP contribution in [0.4, 0.5) is 5.69 Å². The van der Waals surface area contributed by atoms with Gasteiger partial charge in [-0.3, -0.25) is 4.79 Å². The molecule has 1 aromatic heterocycles. The number of carbonyl (C=O) groups excluding carboxylic acids is 1. The number of benzene rings is 1. The molecule has 1 aliphatic carbocycles. The second-order valence-corrected chi connectivity index (χ2v) is 8.20. The first-order valence-electron chi connectivity index (χ1n) is 7.93. The van der Waals surface area contributed by atoms with E-state index in [0.29, 0.717) is 11.4 Å². The fourth-order valence-electron chi connectivity index (χ4n) is 3.06. The van der Waals surface area contributed by atoms with Gasteiger partial charge in [0.25, 0.3) is 0 Å². The van der Waals surface area contributed by atoms with Crippen LogP contribution in [0.5, 0.6) is 0 Å². The van der Waals surface area contributed by atoms with Crippen LogP contribution in [-0.4, -0.2) is 25.1 Å². The molecule has 1 amide bonds. The normalized spacial score (nSPS) is 13.6. The maximum atomic E-state index is 12.4. The van der Waals surface area contributed by atoms with E-state index in [9.17, 15) is 13.2 Å². The number of nitrogens with zero attached hydrogens (tertiary/aromatic N) is 1. The standard InChI is InChI=1S/C18H20N2O3S/c1-12-8-13(2)19-18(9-12)24(22,23)11-17(21)20-16-7-6-14-4-3-5-15(14)10-16/h6-10H,3-5,11H2,1-2H3,(H,20,21). The van der Waals surface area contributed by atoms with Gasteiger partial charge in [-0.15, -0.1) is 0 Å². The van der Waals surface area contributed by atoms with Gasteiger partial charge in [-0.25, -0.2) is 13.4 Å². The van der Waals surface area contributed by atoms with E-state index in [1.54, 1.807) is 19.9 Å². The molecule has 1 aliphatic rings. The Labute approximate surface area is 142 Å². The van der Waals surface area contributed by atoms with Crippen LogP contribution in [0.25, 0.3) is 0 Å². The molecule has 1 aromatic carbocycles. The molecule has 0 unspecified atom stereocenters. The summed E-state index contributed by atoms with van der Waals surface area (Å²) >= 11 is 0. The lowest BCUT2D eigenvalue weighted by Crippen LogP contribution is -2.23. The summed E-state index contributed by atoms with van der Waals surface area (Å²) < 4.78 is 24.8. The molecule has 2 aromatic rings. The van der Waals surface area contributed by atoms with Crippen LogP contribution in [0, 0.1) is 13.8 Å². The van der Waals surface area contributed by atoms with Crippen molar-refractivity contribution in [2.24, 2.45) is 0 Å². The predicted molar refractivity (Wildman–Crippen MR) is 92.9 cm³/mol. The van der Waals surface area contributed by atoms with E-state index in [0.717, 1.165) is 24.8 Å². The number of hydrogen-bond donors (Lipinski definition) is 1. The molecule has 24 heavy (non-hydrogen) atoms. The lowest BCUT2D eigenvalue weighted by atomic mass is 10.1. The van der Waals surface area contributed by atoms with Crippen molar-refractivity contribution in [3.8, 4) is 0 Å². The molecular weight excluding hydrogens is 324 g/mol. The second-order valence-electron chi connectivity index (χ2n) is 6.27. The number of aryl methyl sites for hydroxylation is 4. The Bertz CT molecular complexity index is 884. The van der Waals surface area contributed by atoms with Crippen molar-refractivity contribution >= 4 is 21.4 Å². The highest BCUT2D eigenvalue weighted by molar-refractivity contribution is 7.92. The number of aromatic nitrogens is 1. The first-order chi connectivity index (χ1) is 11.3. The second kappa shape index (κ2) is 6.36. The number of sulfone groups is 1. The molecule has 0 saturated carbocycles. The predicted octanol–water partition coefficient (Wildman–Crippen LogP) is 2.60. The van der Waals surface area contributed by atoms with E-state index < -0.39 is 21.5 Å². The summed E-state index contributed by atoms with van der Waals surface area (Å²) in [4.78, 5) is 16.2. The zero-order chi connectivity index (χ0) is 17.3. The molecule has 0 bridgehead atoms. The van der Waals surface area contributed by atoms with E-state index >= 15 is 0 Å². The number of fused-ring (bicyclic) bond motifs is 1. The van der Waals surface area contributed by atoms with Crippen LogP contribution in [0.15, 0.2) is 35.4 Å². The monoisotopic (exact) mass is 344 g/mol. The molecule has 0 radical (unpaired) electrons. The topological polar surface area (TPSA) is 76.1 Å². The average molecular weight is 344 g/mol. The fraction of sp³-hybridized carbons (Fsp3) is 0.333. The summed E-state index contributed by atoms with van der Waals surface area (Å²) in [6, 6.07) is 9.04. The van der Waals surface area contributed by atoms with Crippen molar-refractivity contribution in [2.75, 3.05) is 11.1 Å². The number of amides is 1. The van der Waals surface area contributed by atoms with Crippen LogP contribution >= 0.6 is 0 Å². The van der Waals surface area contributed by atoms with Crippen molar-refractivity contribution in [1.82, 2.24) is 4.98 Å². The van der Waals surface area contributed by atoms with E-state index in [1.807, 2.05) is 18.2 Å². The first-order valence-corrected chi connectivity index (χ1v) is 9.58. The van der Waals surface area contributed by atoms with E-state index in [2.05, 4.69) is 10.3 Å². The van der Waals surface area contributed by atoms with Crippen molar-refractivity contribution in [3.05, 3.63) is 52.7 Å². The quantitative estimate of drug-likeness (QED) is 0.925. The molecule has 0 aliphatic heterocycles. The molecule has 1 heterocycles. The highest BCUT2D eigenvalue weighted by Crippen LogP contribution is 2.25. The van der Waals surface area contributed by atoms with Crippen LogP contribution in [0.1, 0.15) is 28.8 Å². The number of anilines is 1. The van der Waals surface area contributed by atoms with Gasteiger partial charge in [0, 0.05) is 11.4 Å². The molecule has 3 rings (SSSR count). The largest absolute Gasteiger partial charge is 0.325 e. The lowest BCUT2D eigenvalue weighted by molar-refractivity contribution is -0.113. The highest BCUT2D eigenvalue weighted by Gasteiger charge is 2.22. The van der Waals surface area contributed by atoms with Crippen LogP contribution < -0.4 is 5.32 Å². The van der Waals surface area contributed by atoms with Crippen molar-refractivity contribution in [2.45, 2.75) is 38.1 Å². The minimum Gasteiger partial charge on any atom is -0.325 e. The zero-order valence-corrected chi connectivity index (χ0v) is 14.6. The van der Waals surface area contributed by atoms with Crippen LogP contribution in [-0.2, 0) is 27.5 Å². The summed E-state index contributed by atoms with van der Waals surface area (Å²) in [5.41, 5.74) is 4.60. The Hall–Kier alpha value is -2.21. The number of hydrogen-bond acceptors (Lipinski definition) is 4. The number of rotatable bonds is 4. The van der Waals surface area contributed by atoms with E-state index in [-0.39, 0.29) is 5.03 Å². The van der Waals surface area contributed by atoms with Gasteiger partial charge in [0.2, 0.25) is 15.7 Å². The Kier molecular flexibility index (Phi) is 4.41. The fourth-order valence-corrected chi connectivity index (χ4v) is 4.27. The van der Waals surface area contributed by atoms with Gasteiger partial charge < -0.3 is 5.32 Å². The minimum atomic E-state index is -3.76. The van der Waals surface area contributed by atoms with Crippen molar-refractivity contribution < 1.29 is 13.2 Å². The third-order valence-corrected chi connectivity index (χ3v) is 5.58. The minimum absolute atomic E-state index is 0.0518. The first kappa shape index (κ1) is 16.6. The Morgan fingerprint density at radius 2 is 1.88 bits per heavy atom. The molecule has 0 saturated heterocycles. The van der Waals surface area contributed by atoms with Gasteiger partial charge in [0.15, 0.2) is 5.03 Å². The molecule has 1 N–H and O–H groups in total. The maximum absolute atomic E-state index is 12.4. The van der Waals surface area contributed by atoms with Gasteiger partial charge in [-0.2, -0.15) is 0 Å². The Morgan fingerprint density at radius 1 is 1.12 bits per heavy atom. The Balaban J connectivity index is 1.74. The number of pyridine rings is 1. The van der Waals surface area contributed by atoms with Gasteiger partial charge >= 0.3 is 0 Å². The smallest absolute Gasteiger partial charge is 0.240 e.